The van der Waals surface area contributed by atoms with Crippen LogP contribution in [0, 0.1) is 5.92 Å². The van der Waals surface area contributed by atoms with Gasteiger partial charge in [-0.25, -0.2) is 0 Å². The number of carboxylic acid groups (broad SMARTS) is 1. The van der Waals surface area contributed by atoms with Crippen LogP contribution in [0.3, 0.4) is 0 Å². The van der Waals surface area contributed by atoms with Crippen LogP contribution >= 0.6 is 0 Å². The van der Waals surface area contributed by atoms with Gasteiger partial charge in [-0.2, -0.15) is 0 Å². The van der Waals surface area contributed by atoms with Gasteiger partial charge in [-0.1, -0.05) is 29.9 Å². The Bertz CT molecular complexity index is 843. The van der Waals surface area contributed by atoms with E-state index < -0.39 is 5.97 Å². The number of likely N-dealkylation sites (tertiary alicyclic amines) is 1. The minimum Gasteiger partial charge on any atom is -0.493 e. The van der Waals surface area contributed by atoms with Crippen molar-refractivity contribution in [3.8, 4) is 0 Å². The minimum absolute atomic E-state index is 0.175. The van der Waals surface area contributed by atoms with Crippen molar-refractivity contribution in [3.63, 3.8) is 0 Å². The molecule has 0 spiro atoms. The van der Waals surface area contributed by atoms with Gasteiger partial charge in [-0.05, 0) is 68.6 Å². The van der Waals surface area contributed by atoms with E-state index in [-0.39, 0.29) is 5.54 Å². The van der Waals surface area contributed by atoms with Crippen LogP contribution in [0.4, 0.5) is 0 Å². The zero-order valence-corrected chi connectivity index (χ0v) is 17.2. The molecule has 2 heterocycles. The summed E-state index contributed by atoms with van der Waals surface area (Å²) in [5, 5.41) is 9.10. The monoisotopic (exact) mass is 393 g/mol. The van der Waals surface area contributed by atoms with Crippen molar-refractivity contribution in [2.45, 2.75) is 63.3 Å². The molecule has 0 aromatic carbocycles. The van der Waals surface area contributed by atoms with Crippen LogP contribution in [0.25, 0.3) is 0 Å². The molecule has 1 unspecified atom stereocenters. The molecule has 0 amide bonds. The summed E-state index contributed by atoms with van der Waals surface area (Å²) in [4.78, 5) is 13.6. The van der Waals surface area contributed by atoms with Crippen LogP contribution in [0.2, 0.25) is 0 Å². The van der Waals surface area contributed by atoms with Gasteiger partial charge < -0.3 is 9.84 Å². The third kappa shape index (κ3) is 3.63. The highest BCUT2D eigenvalue weighted by Crippen LogP contribution is 2.48. The largest absolute Gasteiger partial charge is 0.493 e. The second kappa shape index (κ2) is 7.64. The number of carboxylic acids is 1. The molecular formula is C25H31NO3. The van der Waals surface area contributed by atoms with E-state index in [0.717, 1.165) is 76.8 Å². The lowest BCUT2D eigenvalue weighted by Crippen LogP contribution is -2.42. The van der Waals surface area contributed by atoms with Crippen LogP contribution in [0.5, 0.6) is 0 Å². The molecule has 4 nitrogen and oxygen atoms in total. The Morgan fingerprint density at radius 2 is 2.03 bits per heavy atom. The standard InChI is InChI=1S/C25H31NO3/c27-23(28)9-12-25(13-14-25)26-15-10-18(11-16-26)24-20-6-2-1-5-19(20)17-29-22-8-4-3-7-21(22)24/h1-2,4,6,8,19H,3,5,7,9-17H2,(H,27,28). The lowest BCUT2D eigenvalue weighted by atomic mass is 9.78. The molecule has 1 N–H and O–H groups in total. The Morgan fingerprint density at radius 3 is 2.79 bits per heavy atom. The molecule has 3 aliphatic carbocycles. The van der Waals surface area contributed by atoms with Crippen LogP contribution in [0.15, 0.2) is 58.4 Å². The van der Waals surface area contributed by atoms with Gasteiger partial charge in [-0.3, -0.25) is 9.69 Å². The molecule has 2 fully saturated rings. The van der Waals surface area contributed by atoms with Gasteiger partial charge in [0.05, 0.1) is 6.61 Å². The molecule has 29 heavy (non-hydrogen) atoms. The molecule has 0 aromatic rings. The Morgan fingerprint density at radius 1 is 1.21 bits per heavy atom. The average Bonchev–Trinajstić information content (AvgIpc) is 3.56. The first-order chi connectivity index (χ1) is 14.2. The zero-order valence-electron chi connectivity index (χ0n) is 17.2. The van der Waals surface area contributed by atoms with Gasteiger partial charge in [0, 0.05) is 36.5 Å². The predicted molar refractivity (Wildman–Crippen MR) is 113 cm³/mol. The Labute approximate surface area is 173 Å². The van der Waals surface area contributed by atoms with Crippen LogP contribution < -0.4 is 0 Å². The fraction of sp³-hybridized carbons (Fsp3) is 0.560. The van der Waals surface area contributed by atoms with Gasteiger partial charge in [0.15, 0.2) is 0 Å². The molecule has 1 saturated heterocycles. The van der Waals surface area contributed by atoms with E-state index in [1.165, 1.54) is 16.7 Å². The van der Waals surface area contributed by atoms with E-state index in [1.54, 1.807) is 5.57 Å². The normalized spacial score (nSPS) is 28.3. The summed E-state index contributed by atoms with van der Waals surface area (Å²) < 4.78 is 6.26. The Balaban J connectivity index is 1.42. The van der Waals surface area contributed by atoms with Crippen molar-refractivity contribution in [1.29, 1.82) is 0 Å². The molecule has 154 valence electrons. The summed E-state index contributed by atoms with van der Waals surface area (Å²) in [5.41, 5.74) is 6.19. The third-order valence-electron chi connectivity index (χ3n) is 7.45. The number of allylic oxidation sites excluding steroid dienone is 7. The number of aliphatic carboxylic acids is 1. The average molecular weight is 394 g/mol. The quantitative estimate of drug-likeness (QED) is 0.737. The first-order valence-electron chi connectivity index (χ1n) is 11.3. The van der Waals surface area contributed by atoms with E-state index in [1.807, 2.05) is 0 Å². The van der Waals surface area contributed by atoms with Crippen molar-refractivity contribution in [1.82, 2.24) is 4.90 Å². The summed E-state index contributed by atoms with van der Waals surface area (Å²) in [7, 11) is 0. The Hall–Kier alpha value is -2.07. The van der Waals surface area contributed by atoms with E-state index in [0.29, 0.717) is 12.3 Å². The number of piperidine rings is 1. The van der Waals surface area contributed by atoms with Crippen molar-refractivity contribution < 1.29 is 14.6 Å². The van der Waals surface area contributed by atoms with Crippen molar-refractivity contribution in [3.05, 3.63) is 58.4 Å². The fourth-order valence-electron chi connectivity index (χ4n) is 5.64. The van der Waals surface area contributed by atoms with E-state index >= 15 is 0 Å². The van der Waals surface area contributed by atoms with Crippen molar-refractivity contribution in [2.75, 3.05) is 19.7 Å². The molecule has 0 radical (unpaired) electrons. The molecule has 1 atom stereocenters. The van der Waals surface area contributed by atoms with Crippen LogP contribution in [-0.2, 0) is 9.53 Å². The predicted octanol–water partition coefficient (Wildman–Crippen LogP) is 4.91. The summed E-state index contributed by atoms with van der Waals surface area (Å²) in [5.74, 6) is 0.893. The number of ether oxygens (including phenoxy) is 1. The van der Waals surface area contributed by atoms with Gasteiger partial charge in [0.2, 0.25) is 0 Å². The maximum atomic E-state index is 11.1. The van der Waals surface area contributed by atoms with Crippen LogP contribution in [0.1, 0.15) is 57.8 Å². The highest BCUT2D eigenvalue weighted by atomic mass is 16.5. The highest BCUT2D eigenvalue weighted by molar-refractivity contribution is 5.66. The first kappa shape index (κ1) is 18.9. The lowest BCUT2D eigenvalue weighted by molar-refractivity contribution is -0.137. The summed E-state index contributed by atoms with van der Waals surface area (Å²) >= 11 is 0. The first-order valence-corrected chi connectivity index (χ1v) is 11.3. The smallest absolute Gasteiger partial charge is 0.303 e. The van der Waals surface area contributed by atoms with Gasteiger partial charge in [0.1, 0.15) is 5.76 Å². The molecule has 0 aromatic heterocycles. The van der Waals surface area contributed by atoms with Crippen LogP contribution in [-0.4, -0.2) is 41.2 Å². The molecule has 2 aliphatic heterocycles. The number of fused-ring (bicyclic) bond motifs is 1. The molecule has 5 aliphatic rings. The van der Waals surface area contributed by atoms with E-state index in [9.17, 15) is 4.79 Å². The molecule has 1 saturated carbocycles. The number of rotatable bonds is 4. The molecular weight excluding hydrogens is 362 g/mol. The van der Waals surface area contributed by atoms with E-state index in [4.69, 9.17) is 9.84 Å². The van der Waals surface area contributed by atoms with E-state index in [2.05, 4.69) is 35.3 Å². The number of nitrogens with zero attached hydrogens (tertiary/aromatic N) is 1. The summed E-state index contributed by atoms with van der Waals surface area (Å²) in [6.45, 7) is 2.90. The van der Waals surface area contributed by atoms with Gasteiger partial charge in [-0.15, -0.1) is 0 Å². The summed E-state index contributed by atoms with van der Waals surface area (Å²) in [6, 6.07) is 0. The van der Waals surface area contributed by atoms with Gasteiger partial charge in [0.25, 0.3) is 0 Å². The second-order valence-electron chi connectivity index (χ2n) is 9.16. The number of hydrogen-bond acceptors (Lipinski definition) is 3. The van der Waals surface area contributed by atoms with Crippen molar-refractivity contribution in [2.24, 2.45) is 5.92 Å². The van der Waals surface area contributed by atoms with Crippen molar-refractivity contribution >= 4 is 5.97 Å². The van der Waals surface area contributed by atoms with Gasteiger partial charge >= 0.3 is 5.97 Å². The Kier molecular flexibility index (Phi) is 4.99. The number of hydrogen-bond donors (Lipinski definition) is 1. The number of carbonyl (C=O) groups is 1. The molecule has 0 bridgehead atoms. The minimum atomic E-state index is -0.664. The second-order valence-corrected chi connectivity index (χ2v) is 9.16. The SMILES string of the molecule is O=C(O)CCC1(N2CCC(=C3C4=CC=CCC4COC4=C3CCC=C4)CC2)CC1. The maximum absolute atomic E-state index is 11.1. The zero-order chi connectivity index (χ0) is 19.8. The third-order valence-corrected chi connectivity index (χ3v) is 7.45. The highest BCUT2D eigenvalue weighted by Gasteiger charge is 2.48. The molecule has 5 rings (SSSR count). The molecule has 4 heteroatoms. The lowest BCUT2D eigenvalue weighted by Gasteiger charge is -2.37. The fourth-order valence-corrected chi connectivity index (χ4v) is 5.64. The topological polar surface area (TPSA) is 49.8 Å². The maximum Gasteiger partial charge on any atom is 0.303 e. The summed E-state index contributed by atoms with van der Waals surface area (Å²) in [6.07, 6.45) is 20.1.